The maximum absolute atomic E-state index is 13.1. The highest BCUT2D eigenvalue weighted by Crippen LogP contribution is 2.49. The van der Waals surface area contributed by atoms with Crippen molar-refractivity contribution in [2.24, 2.45) is 0 Å². The zero-order valence-electron chi connectivity index (χ0n) is 16.9. The maximum atomic E-state index is 13.1. The quantitative estimate of drug-likeness (QED) is 0.355. The van der Waals surface area contributed by atoms with Gasteiger partial charge in [-0.15, -0.1) is 0 Å². The molecule has 7 nitrogen and oxygen atoms in total. The maximum Gasteiger partial charge on any atom is 0.312 e. The van der Waals surface area contributed by atoms with Gasteiger partial charge in [-0.3, -0.25) is 9.59 Å². The Morgan fingerprint density at radius 2 is 1.88 bits per heavy atom. The van der Waals surface area contributed by atoms with Crippen molar-refractivity contribution in [3.05, 3.63) is 75.8 Å². The molecule has 5 rings (SSSR count). The molecule has 2 aliphatic rings. The van der Waals surface area contributed by atoms with Crippen LogP contribution in [0.2, 0.25) is 5.02 Å². The number of hydrogen-bond acceptors (Lipinski definition) is 7. The van der Waals surface area contributed by atoms with Crippen molar-refractivity contribution < 1.29 is 33.6 Å². The molecule has 0 fully saturated rings. The number of rotatable bonds is 4. The summed E-state index contributed by atoms with van der Waals surface area (Å²) in [6, 6.07) is 12.8. The van der Waals surface area contributed by atoms with Gasteiger partial charge in [0.05, 0.1) is 19.1 Å². The van der Waals surface area contributed by atoms with E-state index in [0.717, 1.165) is 0 Å². The third-order valence-corrected chi connectivity index (χ3v) is 5.81. The first-order valence-corrected chi connectivity index (χ1v) is 10.2. The lowest BCUT2D eigenvalue weighted by molar-refractivity contribution is -0.135. The Morgan fingerprint density at radius 3 is 2.62 bits per heavy atom. The number of hydrogen-bond donors (Lipinski definition) is 1. The number of carbonyl (C=O) groups excluding carboxylic acids is 2. The van der Waals surface area contributed by atoms with Crippen LogP contribution in [-0.2, 0) is 4.79 Å². The minimum Gasteiger partial charge on any atom is -0.507 e. The minimum absolute atomic E-state index is 0.0258. The third-order valence-electron chi connectivity index (χ3n) is 5.55. The summed E-state index contributed by atoms with van der Waals surface area (Å²) in [4.78, 5) is 25.4. The average Bonchev–Trinajstić information content (AvgIpc) is 3.27. The summed E-state index contributed by atoms with van der Waals surface area (Å²) in [5.74, 6) is -0.0321. The third kappa shape index (κ3) is 3.31. The highest BCUT2D eigenvalue weighted by molar-refractivity contribution is 6.30. The molecule has 0 aromatic heterocycles. The van der Waals surface area contributed by atoms with E-state index in [9.17, 15) is 14.7 Å². The van der Waals surface area contributed by atoms with E-state index in [-0.39, 0.29) is 36.1 Å². The van der Waals surface area contributed by atoms with Crippen molar-refractivity contribution in [3.63, 3.8) is 0 Å². The van der Waals surface area contributed by atoms with Crippen LogP contribution < -0.4 is 18.9 Å². The standard InChI is InChI=1S/C24H17ClO7/c1-29-18-8-13(9-19-24(18)31-11-30-19)16-10-20(26)32-17-7-6-15(23(28)21(16)17)22(27)12-2-4-14(25)5-3-12/h2-9,16,28H,10-11H2,1H3/t16-/m1/s1. The second-order valence-corrected chi connectivity index (χ2v) is 7.83. The SMILES string of the molecule is COc1cc([C@H]2CC(=O)Oc3ccc(C(=O)c4ccc(Cl)cc4)c(O)c32)cc2c1OCO2. The predicted molar refractivity (Wildman–Crippen MR) is 114 cm³/mol. The van der Waals surface area contributed by atoms with Gasteiger partial charge in [0, 0.05) is 22.1 Å². The van der Waals surface area contributed by atoms with Crippen LogP contribution in [0.4, 0.5) is 0 Å². The van der Waals surface area contributed by atoms with E-state index in [0.29, 0.717) is 39.0 Å². The number of ether oxygens (including phenoxy) is 4. The smallest absolute Gasteiger partial charge is 0.312 e. The number of carbonyl (C=O) groups is 2. The van der Waals surface area contributed by atoms with Gasteiger partial charge in [0.15, 0.2) is 17.3 Å². The first-order chi connectivity index (χ1) is 15.5. The fraction of sp³-hybridized carbons (Fsp3) is 0.167. The number of ketones is 1. The number of methoxy groups -OCH3 is 1. The Labute approximate surface area is 188 Å². The second kappa shape index (κ2) is 7.76. The van der Waals surface area contributed by atoms with Gasteiger partial charge >= 0.3 is 5.97 Å². The summed E-state index contributed by atoms with van der Waals surface area (Å²) in [5, 5.41) is 11.6. The molecule has 0 bridgehead atoms. The molecule has 32 heavy (non-hydrogen) atoms. The molecule has 2 heterocycles. The number of fused-ring (bicyclic) bond motifs is 2. The summed E-state index contributed by atoms with van der Waals surface area (Å²) in [6.45, 7) is 0.0590. The van der Waals surface area contributed by atoms with E-state index in [1.54, 1.807) is 36.4 Å². The van der Waals surface area contributed by atoms with E-state index in [4.69, 9.17) is 30.5 Å². The molecule has 0 spiro atoms. The number of halogens is 1. The van der Waals surface area contributed by atoms with Crippen LogP contribution in [0.1, 0.15) is 39.4 Å². The molecule has 0 saturated carbocycles. The molecule has 0 saturated heterocycles. The molecule has 1 atom stereocenters. The van der Waals surface area contributed by atoms with E-state index in [1.807, 2.05) is 0 Å². The Kier molecular flexibility index (Phi) is 4.90. The van der Waals surface area contributed by atoms with E-state index < -0.39 is 11.9 Å². The van der Waals surface area contributed by atoms with Crippen LogP contribution in [0, 0.1) is 0 Å². The van der Waals surface area contributed by atoms with Crippen molar-refractivity contribution in [1.29, 1.82) is 0 Å². The molecule has 0 radical (unpaired) electrons. The highest BCUT2D eigenvalue weighted by Gasteiger charge is 2.35. The van der Waals surface area contributed by atoms with Gasteiger partial charge in [0.2, 0.25) is 12.5 Å². The average molecular weight is 453 g/mol. The van der Waals surface area contributed by atoms with E-state index in [1.165, 1.54) is 19.2 Å². The lowest BCUT2D eigenvalue weighted by Crippen LogP contribution is -2.22. The normalized spacial score (nSPS) is 16.3. The molecule has 0 aliphatic carbocycles. The van der Waals surface area contributed by atoms with Crippen molar-refractivity contribution in [2.45, 2.75) is 12.3 Å². The Hall–Kier alpha value is -3.71. The van der Waals surface area contributed by atoms with Crippen LogP contribution in [0.3, 0.4) is 0 Å². The molecule has 0 amide bonds. The topological polar surface area (TPSA) is 91.3 Å². The monoisotopic (exact) mass is 452 g/mol. The molecule has 3 aromatic carbocycles. The molecule has 3 aromatic rings. The van der Waals surface area contributed by atoms with Crippen LogP contribution in [-0.4, -0.2) is 30.8 Å². The largest absolute Gasteiger partial charge is 0.507 e. The number of esters is 1. The fourth-order valence-electron chi connectivity index (χ4n) is 4.02. The zero-order chi connectivity index (χ0) is 22.4. The van der Waals surface area contributed by atoms with Gasteiger partial charge in [-0.1, -0.05) is 11.6 Å². The molecule has 0 unspecified atom stereocenters. The van der Waals surface area contributed by atoms with Gasteiger partial charge < -0.3 is 24.1 Å². The van der Waals surface area contributed by atoms with Crippen molar-refractivity contribution in [1.82, 2.24) is 0 Å². The summed E-state index contributed by atoms with van der Waals surface area (Å²) in [6.07, 6.45) is -0.0258. The summed E-state index contributed by atoms with van der Waals surface area (Å²) in [7, 11) is 1.50. The molecule has 162 valence electrons. The lowest BCUT2D eigenvalue weighted by atomic mass is 9.83. The van der Waals surface area contributed by atoms with Crippen LogP contribution in [0.25, 0.3) is 0 Å². The van der Waals surface area contributed by atoms with Gasteiger partial charge in [0.1, 0.15) is 11.5 Å². The summed E-state index contributed by atoms with van der Waals surface area (Å²) >= 11 is 5.92. The van der Waals surface area contributed by atoms with Crippen LogP contribution >= 0.6 is 11.6 Å². The molecular formula is C24H17ClO7. The Balaban J connectivity index is 1.63. The van der Waals surface area contributed by atoms with Crippen LogP contribution in [0.5, 0.6) is 28.7 Å². The van der Waals surface area contributed by atoms with Crippen molar-refractivity contribution >= 4 is 23.4 Å². The number of aromatic hydroxyl groups is 1. The lowest BCUT2D eigenvalue weighted by Gasteiger charge is -2.27. The molecule has 1 N–H and O–H groups in total. The predicted octanol–water partition coefficient (Wildman–Crippen LogP) is 4.45. The number of phenols is 1. The Morgan fingerprint density at radius 1 is 1.09 bits per heavy atom. The first kappa shape index (κ1) is 20.2. The number of phenolic OH excluding ortho intramolecular Hbond substituents is 1. The highest BCUT2D eigenvalue weighted by atomic mass is 35.5. The molecular weight excluding hydrogens is 436 g/mol. The molecule has 2 aliphatic heterocycles. The van der Waals surface area contributed by atoms with Gasteiger partial charge in [0.25, 0.3) is 0 Å². The fourth-order valence-corrected chi connectivity index (χ4v) is 4.15. The van der Waals surface area contributed by atoms with E-state index >= 15 is 0 Å². The summed E-state index contributed by atoms with van der Waals surface area (Å²) < 4.78 is 21.7. The minimum atomic E-state index is -0.576. The summed E-state index contributed by atoms with van der Waals surface area (Å²) in [5.41, 5.74) is 1.49. The zero-order valence-corrected chi connectivity index (χ0v) is 17.6. The Bertz CT molecular complexity index is 1250. The van der Waals surface area contributed by atoms with Gasteiger partial charge in [-0.2, -0.15) is 0 Å². The molecule has 8 heteroatoms. The van der Waals surface area contributed by atoms with Gasteiger partial charge in [-0.05, 0) is 54.1 Å². The van der Waals surface area contributed by atoms with Crippen molar-refractivity contribution in [3.8, 4) is 28.7 Å². The van der Waals surface area contributed by atoms with Crippen LogP contribution in [0.15, 0.2) is 48.5 Å². The van der Waals surface area contributed by atoms with Crippen molar-refractivity contribution in [2.75, 3.05) is 13.9 Å². The second-order valence-electron chi connectivity index (χ2n) is 7.40. The van der Waals surface area contributed by atoms with E-state index in [2.05, 4.69) is 0 Å². The first-order valence-electron chi connectivity index (χ1n) is 9.80. The van der Waals surface area contributed by atoms with Gasteiger partial charge in [-0.25, -0.2) is 0 Å². The number of benzene rings is 3.